The van der Waals surface area contributed by atoms with Crippen LogP contribution in [0, 0.1) is 0 Å². The SMILES string of the molecule is COc1ccc(N2C(=O)S/C(=C\c3cccnc3)C2=O)c(OC)c1. The molecule has 1 aromatic heterocycles. The van der Waals surface area contributed by atoms with Gasteiger partial charge in [0.1, 0.15) is 11.5 Å². The Balaban J connectivity index is 1.97. The number of aromatic nitrogens is 1. The Bertz CT molecular complexity index is 821. The molecule has 2 amide bonds. The first-order chi connectivity index (χ1) is 11.6. The number of nitrogens with zero attached hydrogens (tertiary/aromatic N) is 2. The molecule has 1 fully saturated rings. The molecule has 7 heteroatoms. The quantitative estimate of drug-likeness (QED) is 0.794. The van der Waals surface area contributed by atoms with E-state index in [-0.39, 0.29) is 5.24 Å². The summed E-state index contributed by atoms with van der Waals surface area (Å²) in [5.74, 6) is 0.574. The minimum Gasteiger partial charge on any atom is -0.497 e. The summed E-state index contributed by atoms with van der Waals surface area (Å²) in [5, 5.41) is -0.376. The van der Waals surface area contributed by atoms with Gasteiger partial charge in [-0.25, -0.2) is 4.90 Å². The van der Waals surface area contributed by atoms with Crippen molar-refractivity contribution in [3.8, 4) is 11.5 Å². The molecular weight excluding hydrogens is 328 g/mol. The number of ether oxygens (including phenoxy) is 2. The van der Waals surface area contributed by atoms with Gasteiger partial charge in [0.05, 0.1) is 24.8 Å². The molecule has 24 heavy (non-hydrogen) atoms. The summed E-state index contributed by atoms with van der Waals surface area (Å²) < 4.78 is 10.4. The maximum Gasteiger partial charge on any atom is 0.298 e. The van der Waals surface area contributed by atoms with Gasteiger partial charge < -0.3 is 9.47 Å². The Labute approximate surface area is 143 Å². The summed E-state index contributed by atoms with van der Waals surface area (Å²) in [6.07, 6.45) is 4.92. The average Bonchev–Trinajstić information content (AvgIpc) is 2.89. The molecule has 0 saturated carbocycles. The fourth-order valence-electron chi connectivity index (χ4n) is 2.26. The fourth-order valence-corrected chi connectivity index (χ4v) is 3.09. The molecule has 0 atom stereocenters. The molecule has 2 heterocycles. The molecule has 2 aromatic rings. The highest BCUT2D eigenvalue weighted by atomic mass is 32.2. The highest BCUT2D eigenvalue weighted by Crippen LogP contribution is 2.40. The highest BCUT2D eigenvalue weighted by Gasteiger charge is 2.37. The number of rotatable bonds is 4. The molecule has 0 spiro atoms. The van der Waals surface area contributed by atoms with E-state index in [9.17, 15) is 9.59 Å². The number of hydrogen-bond donors (Lipinski definition) is 0. The van der Waals surface area contributed by atoms with Crippen molar-refractivity contribution >= 4 is 34.7 Å². The van der Waals surface area contributed by atoms with Crippen LogP contribution < -0.4 is 14.4 Å². The number of hydrogen-bond acceptors (Lipinski definition) is 6. The van der Waals surface area contributed by atoms with Crippen LogP contribution in [0.3, 0.4) is 0 Å². The number of carbonyl (C=O) groups excluding carboxylic acids is 2. The Kier molecular flexibility index (Phi) is 4.52. The maximum atomic E-state index is 12.7. The number of thioether (sulfide) groups is 1. The number of amides is 2. The third kappa shape index (κ3) is 2.98. The first-order valence-electron chi connectivity index (χ1n) is 7.04. The predicted octanol–water partition coefficient (Wildman–Crippen LogP) is 3.34. The van der Waals surface area contributed by atoms with Crippen molar-refractivity contribution in [2.24, 2.45) is 0 Å². The lowest BCUT2D eigenvalue weighted by Crippen LogP contribution is -2.28. The number of methoxy groups -OCH3 is 2. The van der Waals surface area contributed by atoms with Crippen LogP contribution in [0.4, 0.5) is 10.5 Å². The van der Waals surface area contributed by atoms with Gasteiger partial charge in [-0.1, -0.05) is 6.07 Å². The maximum absolute atomic E-state index is 12.7. The fraction of sp³-hybridized carbons (Fsp3) is 0.118. The van der Waals surface area contributed by atoms with Crippen molar-refractivity contribution in [1.29, 1.82) is 0 Å². The first-order valence-corrected chi connectivity index (χ1v) is 7.85. The number of anilines is 1. The van der Waals surface area contributed by atoms with E-state index in [0.717, 1.165) is 22.2 Å². The van der Waals surface area contributed by atoms with Crippen LogP contribution in [-0.2, 0) is 4.79 Å². The second-order valence-corrected chi connectivity index (χ2v) is 5.83. The summed E-state index contributed by atoms with van der Waals surface area (Å²) >= 11 is 0.885. The van der Waals surface area contributed by atoms with E-state index in [0.29, 0.717) is 22.1 Å². The highest BCUT2D eigenvalue weighted by molar-refractivity contribution is 8.19. The van der Waals surface area contributed by atoms with Gasteiger partial charge in [-0.2, -0.15) is 0 Å². The predicted molar refractivity (Wildman–Crippen MR) is 92.2 cm³/mol. The number of pyridine rings is 1. The number of carbonyl (C=O) groups is 2. The van der Waals surface area contributed by atoms with E-state index < -0.39 is 5.91 Å². The molecule has 1 aromatic carbocycles. The topological polar surface area (TPSA) is 68.7 Å². The van der Waals surface area contributed by atoms with Crippen molar-refractivity contribution in [3.05, 3.63) is 53.2 Å². The second-order valence-electron chi connectivity index (χ2n) is 4.84. The van der Waals surface area contributed by atoms with E-state index in [1.807, 2.05) is 6.07 Å². The molecule has 0 N–H and O–H groups in total. The molecule has 3 rings (SSSR count). The van der Waals surface area contributed by atoms with Gasteiger partial charge in [0.15, 0.2) is 0 Å². The Hall–Kier alpha value is -2.80. The zero-order valence-electron chi connectivity index (χ0n) is 13.1. The molecule has 1 aliphatic rings. The van der Waals surface area contributed by atoms with Crippen LogP contribution in [0.15, 0.2) is 47.6 Å². The van der Waals surface area contributed by atoms with Crippen LogP contribution in [0.25, 0.3) is 6.08 Å². The smallest absolute Gasteiger partial charge is 0.298 e. The Morgan fingerprint density at radius 3 is 2.67 bits per heavy atom. The molecule has 0 aliphatic carbocycles. The third-order valence-electron chi connectivity index (χ3n) is 3.40. The van der Waals surface area contributed by atoms with Crippen molar-refractivity contribution in [3.63, 3.8) is 0 Å². The lowest BCUT2D eigenvalue weighted by Gasteiger charge is -2.16. The standard InChI is InChI=1S/C17H14N2O4S/c1-22-12-5-6-13(14(9-12)23-2)19-16(20)15(24-17(19)21)8-11-4-3-7-18-10-11/h3-10H,1-2H3/b15-8-. The molecule has 122 valence electrons. The minimum absolute atomic E-state index is 0.339. The van der Waals surface area contributed by atoms with Gasteiger partial charge in [-0.15, -0.1) is 0 Å². The molecule has 0 bridgehead atoms. The Morgan fingerprint density at radius 1 is 1.17 bits per heavy atom. The van der Waals surface area contributed by atoms with E-state index >= 15 is 0 Å². The van der Waals surface area contributed by atoms with Crippen LogP contribution in [-0.4, -0.2) is 30.3 Å². The lowest BCUT2D eigenvalue weighted by molar-refractivity contribution is -0.113. The van der Waals surface area contributed by atoms with Crippen molar-refractivity contribution < 1.29 is 19.1 Å². The molecule has 6 nitrogen and oxygen atoms in total. The summed E-state index contributed by atoms with van der Waals surface area (Å²) in [7, 11) is 3.01. The average molecular weight is 342 g/mol. The van der Waals surface area contributed by atoms with Gasteiger partial charge in [-0.3, -0.25) is 14.6 Å². The van der Waals surface area contributed by atoms with E-state index in [2.05, 4.69) is 4.98 Å². The summed E-state index contributed by atoms with van der Waals surface area (Å²) in [4.78, 5) is 30.4. The largest absolute Gasteiger partial charge is 0.497 e. The monoisotopic (exact) mass is 342 g/mol. The van der Waals surface area contributed by atoms with Gasteiger partial charge in [0.25, 0.3) is 11.1 Å². The van der Waals surface area contributed by atoms with Crippen molar-refractivity contribution in [2.75, 3.05) is 19.1 Å². The molecule has 1 saturated heterocycles. The number of benzene rings is 1. The minimum atomic E-state index is -0.391. The van der Waals surface area contributed by atoms with Crippen LogP contribution >= 0.6 is 11.8 Å². The zero-order chi connectivity index (χ0) is 17.1. The van der Waals surface area contributed by atoms with E-state index in [1.54, 1.807) is 42.7 Å². The summed E-state index contributed by atoms with van der Waals surface area (Å²) in [5.41, 5.74) is 1.14. The lowest BCUT2D eigenvalue weighted by atomic mass is 10.2. The van der Waals surface area contributed by atoms with Gasteiger partial charge in [-0.05, 0) is 41.6 Å². The van der Waals surface area contributed by atoms with Crippen LogP contribution in [0.2, 0.25) is 0 Å². The molecule has 1 aliphatic heterocycles. The molecule has 0 unspecified atom stereocenters. The first kappa shape index (κ1) is 16.1. The van der Waals surface area contributed by atoms with Gasteiger partial charge in [0, 0.05) is 18.5 Å². The summed E-state index contributed by atoms with van der Waals surface area (Å²) in [6, 6.07) is 8.51. The van der Waals surface area contributed by atoms with Crippen molar-refractivity contribution in [2.45, 2.75) is 0 Å². The Morgan fingerprint density at radius 2 is 2.00 bits per heavy atom. The second kappa shape index (κ2) is 6.76. The third-order valence-corrected chi connectivity index (χ3v) is 4.27. The molecule has 0 radical (unpaired) electrons. The normalized spacial score (nSPS) is 15.9. The van der Waals surface area contributed by atoms with Crippen LogP contribution in [0.5, 0.6) is 11.5 Å². The summed E-state index contributed by atoms with van der Waals surface area (Å²) in [6.45, 7) is 0. The van der Waals surface area contributed by atoms with Crippen molar-refractivity contribution in [1.82, 2.24) is 4.98 Å². The van der Waals surface area contributed by atoms with E-state index in [4.69, 9.17) is 9.47 Å². The van der Waals surface area contributed by atoms with Crippen LogP contribution in [0.1, 0.15) is 5.56 Å². The number of imide groups is 1. The molecular formula is C17H14N2O4S. The zero-order valence-corrected chi connectivity index (χ0v) is 13.9. The van der Waals surface area contributed by atoms with Gasteiger partial charge >= 0.3 is 0 Å². The van der Waals surface area contributed by atoms with E-state index in [1.165, 1.54) is 14.2 Å². The van der Waals surface area contributed by atoms with Gasteiger partial charge in [0.2, 0.25) is 0 Å².